The third-order valence-electron chi connectivity index (χ3n) is 6.67. The molecule has 5 rings (SSSR count). The van der Waals surface area contributed by atoms with E-state index in [1.54, 1.807) is 11.3 Å². The Balaban J connectivity index is 1.14. The number of thiophene rings is 1. The van der Waals surface area contributed by atoms with Crippen molar-refractivity contribution in [1.82, 2.24) is 4.90 Å². The molecule has 7 heteroatoms. The Morgan fingerprint density at radius 3 is 2.88 bits per heavy atom. The van der Waals surface area contributed by atoms with Crippen molar-refractivity contribution < 1.29 is 9.53 Å². The van der Waals surface area contributed by atoms with Crippen molar-refractivity contribution in [3.8, 4) is 5.75 Å². The van der Waals surface area contributed by atoms with Gasteiger partial charge in [-0.15, -0.1) is 11.3 Å². The molecule has 3 aromatic rings. The first-order chi connectivity index (χ1) is 16.2. The quantitative estimate of drug-likeness (QED) is 0.490. The van der Waals surface area contributed by atoms with Crippen molar-refractivity contribution in [3.05, 3.63) is 52.9 Å². The summed E-state index contributed by atoms with van der Waals surface area (Å²) in [7, 11) is 0. The van der Waals surface area contributed by atoms with Gasteiger partial charge in [0.15, 0.2) is 0 Å². The van der Waals surface area contributed by atoms with Crippen LogP contribution in [0.25, 0.3) is 10.1 Å². The Hall–Kier alpha value is -2.77. The smallest absolute Gasteiger partial charge is 0.316 e. The molecule has 1 saturated heterocycles. The average molecular weight is 465 g/mol. The van der Waals surface area contributed by atoms with Crippen LogP contribution < -0.4 is 20.7 Å². The number of para-hydroxylation sites is 1. The van der Waals surface area contributed by atoms with Crippen LogP contribution in [-0.4, -0.2) is 50.3 Å². The third kappa shape index (κ3) is 4.94. The SMILES string of the molecule is NC(=O)Nc1c(CCCCN2CCCN(c3cccc4c3OCC4)CC2)sc2ccccc12. The van der Waals surface area contributed by atoms with Gasteiger partial charge in [0.1, 0.15) is 5.75 Å². The lowest BCUT2D eigenvalue weighted by atomic mass is 10.1. The normalized spacial score (nSPS) is 16.4. The van der Waals surface area contributed by atoms with Crippen LogP contribution in [0.1, 0.15) is 29.7 Å². The minimum absolute atomic E-state index is 0.497. The Morgan fingerprint density at radius 1 is 1.06 bits per heavy atom. The molecular formula is C26H32N4O2S. The van der Waals surface area contributed by atoms with E-state index in [4.69, 9.17) is 10.5 Å². The van der Waals surface area contributed by atoms with E-state index in [1.807, 2.05) is 12.1 Å². The largest absolute Gasteiger partial charge is 0.491 e. The van der Waals surface area contributed by atoms with Crippen LogP contribution in [0.15, 0.2) is 42.5 Å². The number of benzene rings is 2. The number of amides is 2. The summed E-state index contributed by atoms with van der Waals surface area (Å²) in [6, 6.07) is 14.3. The van der Waals surface area contributed by atoms with Gasteiger partial charge in [-0.2, -0.15) is 0 Å². The van der Waals surface area contributed by atoms with Crippen molar-refractivity contribution in [3.63, 3.8) is 0 Å². The second kappa shape index (κ2) is 10.0. The predicted molar refractivity (Wildman–Crippen MR) is 137 cm³/mol. The Morgan fingerprint density at radius 2 is 1.97 bits per heavy atom. The molecular weight excluding hydrogens is 432 g/mol. The fourth-order valence-electron chi connectivity index (χ4n) is 5.04. The Labute approximate surface area is 199 Å². The lowest BCUT2D eigenvalue weighted by molar-refractivity contribution is 0.259. The highest BCUT2D eigenvalue weighted by Crippen LogP contribution is 2.37. The molecule has 0 bridgehead atoms. The van der Waals surface area contributed by atoms with E-state index in [9.17, 15) is 4.79 Å². The van der Waals surface area contributed by atoms with Crippen LogP contribution in [0, 0.1) is 0 Å². The number of nitrogens with zero attached hydrogens (tertiary/aromatic N) is 2. The van der Waals surface area contributed by atoms with Gasteiger partial charge in [0.2, 0.25) is 0 Å². The molecule has 3 heterocycles. The maximum atomic E-state index is 11.5. The summed E-state index contributed by atoms with van der Waals surface area (Å²) in [5.41, 5.74) is 8.94. The second-order valence-electron chi connectivity index (χ2n) is 8.89. The summed E-state index contributed by atoms with van der Waals surface area (Å²) in [5.74, 6) is 1.11. The zero-order valence-electron chi connectivity index (χ0n) is 19.0. The van der Waals surface area contributed by atoms with E-state index >= 15 is 0 Å². The van der Waals surface area contributed by atoms with Crippen LogP contribution in [0.4, 0.5) is 16.2 Å². The second-order valence-corrected chi connectivity index (χ2v) is 10.0. The van der Waals surface area contributed by atoms with Crippen molar-refractivity contribution in [2.75, 3.05) is 49.5 Å². The van der Waals surface area contributed by atoms with Crippen molar-refractivity contribution in [2.45, 2.75) is 32.1 Å². The fourth-order valence-corrected chi connectivity index (χ4v) is 6.24. The number of fused-ring (bicyclic) bond motifs is 2. The van der Waals surface area contributed by atoms with Crippen molar-refractivity contribution in [2.24, 2.45) is 5.73 Å². The molecule has 2 aliphatic heterocycles. The first-order valence-corrected chi connectivity index (χ1v) is 12.8. The van der Waals surface area contributed by atoms with Gasteiger partial charge in [-0.25, -0.2) is 4.79 Å². The number of ether oxygens (including phenoxy) is 1. The minimum Gasteiger partial charge on any atom is -0.491 e. The summed E-state index contributed by atoms with van der Waals surface area (Å²) >= 11 is 1.76. The molecule has 2 aromatic carbocycles. The van der Waals surface area contributed by atoms with Gasteiger partial charge in [-0.05, 0) is 56.5 Å². The van der Waals surface area contributed by atoms with Crippen LogP contribution in [0.2, 0.25) is 0 Å². The summed E-state index contributed by atoms with van der Waals surface area (Å²) in [6.45, 7) is 6.28. The number of primary amides is 1. The average Bonchev–Trinajstić information content (AvgIpc) is 3.35. The van der Waals surface area contributed by atoms with Gasteiger partial charge in [0, 0.05) is 41.0 Å². The molecule has 174 valence electrons. The first-order valence-electron chi connectivity index (χ1n) is 12.0. The van der Waals surface area contributed by atoms with E-state index in [-0.39, 0.29) is 0 Å². The third-order valence-corrected chi connectivity index (χ3v) is 7.90. The zero-order chi connectivity index (χ0) is 22.6. The van der Waals surface area contributed by atoms with Gasteiger partial charge >= 0.3 is 6.03 Å². The number of carbonyl (C=O) groups is 1. The predicted octanol–water partition coefficient (Wildman–Crippen LogP) is 4.86. The summed E-state index contributed by atoms with van der Waals surface area (Å²) in [4.78, 5) is 17.8. The maximum absolute atomic E-state index is 11.5. The van der Waals surface area contributed by atoms with Gasteiger partial charge in [0.05, 0.1) is 18.0 Å². The number of hydrogen-bond donors (Lipinski definition) is 2. The molecule has 2 aliphatic rings. The molecule has 0 atom stereocenters. The molecule has 3 N–H and O–H groups in total. The number of nitrogens with one attached hydrogen (secondary N) is 1. The molecule has 0 unspecified atom stereocenters. The zero-order valence-corrected chi connectivity index (χ0v) is 19.8. The lowest BCUT2D eigenvalue weighted by Gasteiger charge is -2.25. The van der Waals surface area contributed by atoms with Crippen LogP contribution in [0.3, 0.4) is 0 Å². The summed E-state index contributed by atoms with van der Waals surface area (Å²) in [6.07, 6.45) is 5.41. The lowest BCUT2D eigenvalue weighted by Crippen LogP contribution is -2.31. The minimum atomic E-state index is -0.497. The highest BCUT2D eigenvalue weighted by atomic mass is 32.1. The van der Waals surface area contributed by atoms with Crippen LogP contribution in [0.5, 0.6) is 5.75 Å². The molecule has 0 spiro atoms. The standard InChI is InChI=1S/C26H32N4O2S/c27-26(31)28-24-20-8-1-2-10-22(20)33-23(24)11-3-4-13-29-14-6-15-30(17-16-29)21-9-5-7-19-12-18-32-25(19)21/h1-2,5,7-10H,3-4,6,11-18H2,(H3,27,28,31). The molecule has 0 radical (unpaired) electrons. The number of hydrogen-bond acceptors (Lipinski definition) is 5. The fraction of sp³-hybridized carbons (Fsp3) is 0.423. The summed E-state index contributed by atoms with van der Waals surface area (Å²) < 4.78 is 7.13. The number of aryl methyl sites for hydroxylation is 1. The number of carbonyl (C=O) groups excluding carboxylic acids is 1. The molecule has 0 saturated carbocycles. The van der Waals surface area contributed by atoms with E-state index in [0.29, 0.717) is 0 Å². The van der Waals surface area contributed by atoms with Gasteiger partial charge in [0.25, 0.3) is 0 Å². The van der Waals surface area contributed by atoms with Crippen molar-refractivity contribution >= 4 is 38.8 Å². The van der Waals surface area contributed by atoms with Gasteiger partial charge in [-0.3, -0.25) is 0 Å². The molecule has 33 heavy (non-hydrogen) atoms. The Kier molecular flexibility index (Phi) is 6.69. The van der Waals surface area contributed by atoms with Crippen LogP contribution in [-0.2, 0) is 12.8 Å². The molecule has 6 nitrogen and oxygen atoms in total. The highest BCUT2D eigenvalue weighted by molar-refractivity contribution is 7.19. The van der Waals surface area contributed by atoms with Gasteiger partial charge < -0.3 is 25.6 Å². The molecule has 0 aliphatic carbocycles. The van der Waals surface area contributed by atoms with E-state index in [1.165, 1.54) is 27.2 Å². The number of urea groups is 1. The summed E-state index contributed by atoms with van der Waals surface area (Å²) in [5, 5.41) is 3.94. The van der Waals surface area contributed by atoms with Crippen LogP contribution >= 0.6 is 11.3 Å². The van der Waals surface area contributed by atoms with Gasteiger partial charge in [-0.1, -0.05) is 30.3 Å². The number of anilines is 2. The Bertz CT molecular complexity index is 1130. The number of unbranched alkanes of at least 4 members (excludes halogenated alkanes) is 1. The highest BCUT2D eigenvalue weighted by Gasteiger charge is 2.22. The molecule has 1 fully saturated rings. The monoisotopic (exact) mass is 464 g/mol. The van der Waals surface area contributed by atoms with E-state index < -0.39 is 6.03 Å². The number of rotatable bonds is 7. The van der Waals surface area contributed by atoms with Crippen molar-refractivity contribution in [1.29, 1.82) is 0 Å². The first kappa shape index (κ1) is 22.0. The maximum Gasteiger partial charge on any atom is 0.316 e. The molecule has 1 aromatic heterocycles. The molecule has 2 amide bonds. The topological polar surface area (TPSA) is 70.8 Å². The van der Waals surface area contributed by atoms with E-state index in [2.05, 4.69) is 45.4 Å². The number of nitrogens with two attached hydrogens (primary N) is 1. The van der Waals surface area contributed by atoms with E-state index in [0.717, 1.165) is 81.8 Å².